The Morgan fingerprint density at radius 2 is 1.90 bits per heavy atom. The highest BCUT2D eigenvalue weighted by molar-refractivity contribution is 7.83. The number of nitro benzene ring substituents is 1. The Hall–Kier alpha value is -3.33. The van der Waals surface area contributed by atoms with Crippen molar-refractivity contribution in [2.75, 3.05) is 5.32 Å². The number of non-ortho nitro benzene ring substituents is 1. The van der Waals surface area contributed by atoms with Gasteiger partial charge in [0.15, 0.2) is 0 Å². The largest absolute Gasteiger partial charge is 0.306 e. The summed E-state index contributed by atoms with van der Waals surface area (Å²) in [7, 11) is -1.04. The predicted octanol–water partition coefficient (Wildman–Crippen LogP) is 3.41. The summed E-state index contributed by atoms with van der Waals surface area (Å²) in [6, 6.07) is 11.2. The van der Waals surface area contributed by atoms with Crippen molar-refractivity contribution < 1.29 is 13.9 Å². The number of nitrogens with one attached hydrogen (secondary N) is 1. The Morgan fingerprint density at radius 3 is 2.59 bits per heavy atom. The maximum atomic E-state index is 12.8. The first-order valence-electron chi connectivity index (χ1n) is 8.93. The SMILES string of the molecule is Cc1cccc(-n2nc3c(c2NC(=O)c2ccc([N+](=O)[O-])cc2)C[S@](=O)C3)c1C. The zero-order chi connectivity index (χ0) is 20.7. The number of anilines is 1. The third-order valence-corrected chi connectivity index (χ3v) is 6.25. The minimum Gasteiger partial charge on any atom is -0.306 e. The van der Waals surface area contributed by atoms with Gasteiger partial charge in [-0.25, -0.2) is 4.68 Å². The first kappa shape index (κ1) is 19.0. The smallest absolute Gasteiger partial charge is 0.269 e. The molecule has 29 heavy (non-hydrogen) atoms. The van der Waals surface area contributed by atoms with Crippen molar-refractivity contribution in [2.45, 2.75) is 25.4 Å². The number of nitrogens with zero attached hydrogens (tertiary/aromatic N) is 3. The minimum absolute atomic E-state index is 0.0849. The van der Waals surface area contributed by atoms with Crippen molar-refractivity contribution in [1.82, 2.24) is 9.78 Å². The molecule has 1 aliphatic rings. The first-order chi connectivity index (χ1) is 13.8. The molecule has 0 saturated carbocycles. The lowest BCUT2D eigenvalue weighted by atomic mass is 10.1. The molecule has 3 aromatic rings. The quantitative estimate of drug-likeness (QED) is 0.524. The van der Waals surface area contributed by atoms with Crippen LogP contribution >= 0.6 is 0 Å². The van der Waals surface area contributed by atoms with Crippen LogP contribution in [0.1, 0.15) is 32.7 Å². The van der Waals surface area contributed by atoms with E-state index in [2.05, 4.69) is 10.4 Å². The van der Waals surface area contributed by atoms with Crippen molar-refractivity contribution in [3.63, 3.8) is 0 Å². The molecule has 2 heterocycles. The van der Waals surface area contributed by atoms with E-state index < -0.39 is 21.6 Å². The maximum absolute atomic E-state index is 12.8. The van der Waals surface area contributed by atoms with Crippen LogP contribution in [0.25, 0.3) is 5.69 Å². The van der Waals surface area contributed by atoms with Gasteiger partial charge in [-0.1, -0.05) is 12.1 Å². The molecule has 0 bridgehead atoms. The number of aromatic nitrogens is 2. The molecule has 0 radical (unpaired) electrons. The molecule has 1 amide bonds. The highest BCUT2D eigenvalue weighted by Crippen LogP contribution is 2.33. The molecule has 1 aromatic heterocycles. The number of fused-ring (bicyclic) bond motifs is 1. The lowest BCUT2D eigenvalue weighted by Gasteiger charge is -2.14. The van der Waals surface area contributed by atoms with Gasteiger partial charge in [0.1, 0.15) is 5.82 Å². The molecule has 0 saturated heterocycles. The molecule has 148 valence electrons. The second kappa shape index (κ2) is 7.25. The van der Waals surface area contributed by atoms with Gasteiger partial charge in [-0.05, 0) is 43.2 Å². The van der Waals surface area contributed by atoms with Gasteiger partial charge in [0.05, 0.1) is 27.8 Å². The van der Waals surface area contributed by atoms with E-state index >= 15 is 0 Å². The van der Waals surface area contributed by atoms with E-state index in [-0.39, 0.29) is 11.3 Å². The van der Waals surface area contributed by atoms with Crippen LogP contribution in [-0.4, -0.2) is 24.8 Å². The maximum Gasteiger partial charge on any atom is 0.269 e. The van der Waals surface area contributed by atoms with Gasteiger partial charge in [0, 0.05) is 34.1 Å². The average molecular weight is 410 g/mol. The van der Waals surface area contributed by atoms with Crippen LogP contribution < -0.4 is 5.32 Å². The highest BCUT2D eigenvalue weighted by atomic mass is 32.2. The molecular formula is C20H18N4O4S. The summed E-state index contributed by atoms with van der Waals surface area (Å²) in [5, 5.41) is 18.3. The fourth-order valence-corrected chi connectivity index (χ4v) is 4.57. The summed E-state index contributed by atoms with van der Waals surface area (Å²) in [5.41, 5.74) is 4.64. The minimum atomic E-state index is -1.04. The van der Waals surface area contributed by atoms with Crippen LogP contribution in [-0.2, 0) is 22.3 Å². The first-order valence-corrected chi connectivity index (χ1v) is 10.4. The fraction of sp³-hybridized carbons (Fsp3) is 0.200. The molecule has 0 fully saturated rings. The summed E-state index contributed by atoms with van der Waals surface area (Å²) in [6.45, 7) is 3.98. The number of amides is 1. The third kappa shape index (κ3) is 3.44. The van der Waals surface area contributed by atoms with Gasteiger partial charge in [-0.2, -0.15) is 5.10 Å². The lowest BCUT2D eigenvalue weighted by molar-refractivity contribution is -0.384. The van der Waals surface area contributed by atoms with Crippen molar-refractivity contribution in [3.05, 3.63) is 80.5 Å². The van der Waals surface area contributed by atoms with Crippen molar-refractivity contribution in [1.29, 1.82) is 0 Å². The van der Waals surface area contributed by atoms with E-state index in [0.717, 1.165) is 22.4 Å². The molecule has 1 atom stereocenters. The number of rotatable bonds is 4. The lowest BCUT2D eigenvalue weighted by Crippen LogP contribution is -2.17. The molecule has 0 aliphatic carbocycles. The van der Waals surface area contributed by atoms with E-state index in [1.54, 1.807) is 4.68 Å². The number of hydrogen-bond donors (Lipinski definition) is 1. The Bertz CT molecular complexity index is 1170. The number of carbonyl (C=O) groups excluding carboxylic acids is 1. The fourth-order valence-electron chi connectivity index (χ4n) is 3.31. The van der Waals surface area contributed by atoms with E-state index in [4.69, 9.17) is 0 Å². The molecule has 8 nitrogen and oxygen atoms in total. The number of aryl methyl sites for hydroxylation is 1. The van der Waals surface area contributed by atoms with Gasteiger partial charge >= 0.3 is 0 Å². The van der Waals surface area contributed by atoms with Crippen molar-refractivity contribution in [2.24, 2.45) is 0 Å². The average Bonchev–Trinajstić information content (AvgIpc) is 3.21. The summed E-state index contributed by atoms with van der Waals surface area (Å²) in [5.74, 6) is 0.763. The van der Waals surface area contributed by atoms with Crippen LogP contribution in [0.4, 0.5) is 11.5 Å². The van der Waals surface area contributed by atoms with Crippen LogP contribution in [0.15, 0.2) is 42.5 Å². The molecule has 1 N–H and O–H groups in total. The molecule has 2 aromatic carbocycles. The van der Waals surface area contributed by atoms with Crippen LogP contribution in [0.5, 0.6) is 0 Å². The molecule has 4 rings (SSSR count). The molecular weight excluding hydrogens is 392 g/mol. The normalized spacial score (nSPS) is 15.2. The second-order valence-electron chi connectivity index (χ2n) is 6.89. The molecule has 0 spiro atoms. The Kier molecular flexibility index (Phi) is 4.75. The van der Waals surface area contributed by atoms with Gasteiger partial charge < -0.3 is 5.32 Å². The Labute approximate surface area is 169 Å². The second-order valence-corrected chi connectivity index (χ2v) is 8.35. The summed E-state index contributed by atoms with van der Waals surface area (Å²) in [4.78, 5) is 23.1. The van der Waals surface area contributed by atoms with Crippen LogP contribution in [0.2, 0.25) is 0 Å². The third-order valence-electron chi connectivity index (χ3n) is 5.05. The van der Waals surface area contributed by atoms with Gasteiger partial charge in [0.2, 0.25) is 0 Å². The monoisotopic (exact) mass is 410 g/mol. The van der Waals surface area contributed by atoms with E-state index in [1.165, 1.54) is 24.3 Å². The van der Waals surface area contributed by atoms with Crippen molar-refractivity contribution >= 4 is 28.2 Å². The Balaban J connectivity index is 1.74. The van der Waals surface area contributed by atoms with Gasteiger partial charge in [-0.3, -0.25) is 19.1 Å². The van der Waals surface area contributed by atoms with E-state index in [0.29, 0.717) is 23.0 Å². The zero-order valence-corrected chi connectivity index (χ0v) is 16.7. The van der Waals surface area contributed by atoms with Gasteiger partial charge in [0.25, 0.3) is 11.6 Å². The number of nitro groups is 1. The molecule has 9 heteroatoms. The van der Waals surface area contributed by atoms with E-state index in [9.17, 15) is 19.1 Å². The molecule has 0 unspecified atom stereocenters. The summed E-state index contributed by atoms with van der Waals surface area (Å²) in [6.07, 6.45) is 0. The van der Waals surface area contributed by atoms with Crippen LogP contribution in [0, 0.1) is 24.0 Å². The molecule has 1 aliphatic heterocycles. The zero-order valence-electron chi connectivity index (χ0n) is 15.8. The highest BCUT2D eigenvalue weighted by Gasteiger charge is 2.29. The summed E-state index contributed by atoms with van der Waals surface area (Å²) >= 11 is 0. The number of carbonyl (C=O) groups is 1. The number of hydrogen-bond acceptors (Lipinski definition) is 5. The van der Waals surface area contributed by atoms with E-state index in [1.807, 2.05) is 32.0 Å². The standard InChI is InChI=1S/C20H18N4O4S/c1-12-4-3-5-18(13(12)2)23-19(16-10-29(28)11-17(16)22-23)21-20(25)14-6-8-15(9-7-14)24(26)27/h3-9H,10-11H2,1-2H3,(H,21,25)/t29-/m0/s1. The van der Waals surface area contributed by atoms with Gasteiger partial charge in [-0.15, -0.1) is 0 Å². The topological polar surface area (TPSA) is 107 Å². The van der Waals surface area contributed by atoms with Crippen molar-refractivity contribution in [3.8, 4) is 5.69 Å². The van der Waals surface area contributed by atoms with Crippen LogP contribution in [0.3, 0.4) is 0 Å². The number of benzene rings is 2. The Morgan fingerprint density at radius 1 is 1.17 bits per heavy atom. The summed E-state index contributed by atoms with van der Waals surface area (Å²) < 4.78 is 13.7. The predicted molar refractivity (Wildman–Crippen MR) is 110 cm³/mol.